The van der Waals surface area contributed by atoms with E-state index < -0.39 is 12.0 Å². The molecule has 0 aliphatic rings. The molecule has 82 valence electrons. The number of primary amides is 1. The van der Waals surface area contributed by atoms with Gasteiger partial charge in [-0.1, -0.05) is 25.4 Å². The van der Waals surface area contributed by atoms with Crippen molar-refractivity contribution >= 4 is 17.5 Å². The highest BCUT2D eigenvalue weighted by atomic mass is 35.5. The molecule has 3 nitrogen and oxygen atoms in total. The van der Waals surface area contributed by atoms with E-state index in [1.807, 2.05) is 13.8 Å². The number of amides is 1. The predicted octanol–water partition coefficient (Wildman–Crippen LogP) is 2.23. The molecule has 0 saturated carbocycles. The van der Waals surface area contributed by atoms with Gasteiger partial charge in [0.15, 0.2) is 6.10 Å². The smallest absolute Gasteiger partial charge is 0.258 e. The second-order valence-electron chi connectivity index (χ2n) is 3.64. The summed E-state index contributed by atoms with van der Waals surface area (Å²) in [5.74, 6) is 0.176. The molecule has 1 aromatic rings. The second kappa shape index (κ2) is 5.03. The Kier molecular flexibility index (Phi) is 3.97. The highest BCUT2D eigenvalue weighted by molar-refractivity contribution is 6.30. The first-order chi connectivity index (χ1) is 7.00. The number of rotatable bonds is 4. The van der Waals surface area contributed by atoms with E-state index >= 15 is 0 Å². The van der Waals surface area contributed by atoms with Gasteiger partial charge in [-0.15, -0.1) is 0 Å². The molecule has 0 radical (unpaired) electrons. The van der Waals surface area contributed by atoms with Crippen molar-refractivity contribution in [2.24, 2.45) is 11.7 Å². The highest BCUT2D eigenvalue weighted by Gasteiger charge is 2.21. The maximum Gasteiger partial charge on any atom is 0.258 e. The minimum absolute atomic E-state index is 0.0400. The van der Waals surface area contributed by atoms with Gasteiger partial charge in [-0.2, -0.15) is 0 Å². The first-order valence-corrected chi connectivity index (χ1v) is 5.10. The van der Waals surface area contributed by atoms with Gasteiger partial charge >= 0.3 is 0 Å². The zero-order chi connectivity index (χ0) is 11.4. The monoisotopic (exact) mass is 227 g/mol. The van der Waals surface area contributed by atoms with Gasteiger partial charge in [-0.05, 0) is 30.2 Å². The maximum atomic E-state index is 11.1. The summed E-state index contributed by atoms with van der Waals surface area (Å²) in [5.41, 5.74) is 5.23. The van der Waals surface area contributed by atoms with Crippen LogP contribution in [-0.4, -0.2) is 12.0 Å². The first kappa shape index (κ1) is 11.9. The Balaban J connectivity index is 2.74. The average molecular weight is 228 g/mol. The largest absolute Gasteiger partial charge is 0.480 e. The molecule has 0 fully saturated rings. The molecule has 4 heteroatoms. The molecule has 0 spiro atoms. The molecule has 1 rings (SSSR count). The molecule has 2 N–H and O–H groups in total. The number of nitrogens with two attached hydrogens (primary N) is 1. The van der Waals surface area contributed by atoms with E-state index in [2.05, 4.69) is 0 Å². The molecular formula is C11H14ClNO2. The first-order valence-electron chi connectivity index (χ1n) is 4.72. The van der Waals surface area contributed by atoms with E-state index in [1.165, 1.54) is 0 Å². The number of benzene rings is 1. The van der Waals surface area contributed by atoms with E-state index in [9.17, 15) is 4.79 Å². The van der Waals surface area contributed by atoms with E-state index in [1.54, 1.807) is 24.3 Å². The minimum Gasteiger partial charge on any atom is -0.480 e. The zero-order valence-electron chi connectivity index (χ0n) is 8.74. The molecule has 1 unspecified atom stereocenters. The number of carbonyl (C=O) groups is 1. The lowest BCUT2D eigenvalue weighted by Gasteiger charge is -2.19. The van der Waals surface area contributed by atoms with Gasteiger partial charge in [0.2, 0.25) is 0 Å². The van der Waals surface area contributed by atoms with Crippen LogP contribution < -0.4 is 10.5 Å². The van der Waals surface area contributed by atoms with Gasteiger partial charge in [-0.3, -0.25) is 4.79 Å². The van der Waals surface area contributed by atoms with E-state index in [4.69, 9.17) is 22.1 Å². The lowest BCUT2D eigenvalue weighted by Crippen LogP contribution is -2.37. The summed E-state index contributed by atoms with van der Waals surface area (Å²) in [7, 11) is 0. The quantitative estimate of drug-likeness (QED) is 0.858. The molecule has 1 atom stereocenters. The molecule has 0 aliphatic carbocycles. The number of hydrogen-bond acceptors (Lipinski definition) is 2. The molecule has 15 heavy (non-hydrogen) atoms. The Morgan fingerprint density at radius 1 is 1.33 bits per heavy atom. The summed E-state index contributed by atoms with van der Waals surface area (Å²) in [5, 5.41) is 0.627. The predicted molar refractivity (Wildman–Crippen MR) is 59.9 cm³/mol. The van der Waals surface area contributed by atoms with E-state index in [0.717, 1.165) is 0 Å². The summed E-state index contributed by atoms with van der Waals surface area (Å²) in [4.78, 5) is 11.1. The van der Waals surface area contributed by atoms with Crippen LogP contribution in [0.15, 0.2) is 24.3 Å². The highest BCUT2D eigenvalue weighted by Crippen LogP contribution is 2.18. The van der Waals surface area contributed by atoms with Crippen molar-refractivity contribution in [1.82, 2.24) is 0 Å². The van der Waals surface area contributed by atoms with Crippen molar-refractivity contribution < 1.29 is 9.53 Å². The van der Waals surface area contributed by atoms with Crippen LogP contribution >= 0.6 is 11.6 Å². The third kappa shape index (κ3) is 3.44. The summed E-state index contributed by atoms with van der Waals surface area (Å²) in [6, 6.07) is 6.83. The summed E-state index contributed by atoms with van der Waals surface area (Å²) >= 11 is 5.73. The Hall–Kier alpha value is -1.22. The van der Waals surface area contributed by atoms with Crippen molar-refractivity contribution in [3.8, 4) is 5.75 Å². The number of hydrogen-bond donors (Lipinski definition) is 1. The molecule has 0 aromatic heterocycles. The third-order valence-electron chi connectivity index (χ3n) is 1.96. The Labute approximate surface area is 94.2 Å². The molecule has 0 heterocycles. The fourth-order valence-corrected chi connectivity index (χ4v) is 1.31. The normalized spacial score (nSPS) is 12.5. The topological polar surface area (TPSA) is 52.3 Å². The Bertz CT molecular complexity index is 335. The average Bonchev–Trinajstić information content (AvgIpc) is 2.15. The van der Waals surface area contributed by atoms with Crippen molar-refractivity contribution in [3.63, 3.8) is 0 Å². The van der Waals surface area contributed by atoms with Gasteiger partial charge in [0, 0.05) is 5.02 Å². The standard InChI is InChI=1S/C11H14ClNO2/c1-7(2)10(11(13)14)15-9-5-3-8(12)4-6-9/h3-7,10H,1-2H3,(H2,13,14). The minimum atomic E-state index is -0.605. The summed E-state index contributed by atoms with van der Waals surface area (Å²) < 4.78 is 5.46. The van der Waals surface area contributed by atoms with Crippen molar-refractivity contribution in [2.75, 3.05) is 0 Å². The van der Waals surface area contributed by atoms with Crippen molar-refractivity contribution in [2.45, 2.75) is 20.0 Å². The van der Waals surface area contributed by atoms with Crippen molar-refractivity contribution in [1.29, 1.82) is 0 Å². The zero-order valence-corrected chi connectivity index (χ0v) is 9.49. The molecule has 1 aromatic carbocycles. The van der Waals surface area contributed by atoms with Crippen LogP contribution in [0.2, 0.25) is 5.02 Å². The lowest BCUT2D eigenvalue weighted by molar-refractivity contribution is -0.126. The van der Waals surface area contributed by atoms with Gasteiger partial charge < -0.3 is 10.5 Å². The molecule has 0 aliphatic heterocycles. The molecule has 0 bridgehead atoms. The van der Waals surface area contributed by atoms with Gasteiger partial charge in [-0.25, -0.2) is 0 Å². The van der Waals surface area contributed by atoms with Gasteiger partial charge in [0.25, 0.3) is 5.91 Å². The van der Waals surface area contributed by atoms with Crippen molar-refractivity contribution in [3.05, 3.63) is 29.3 Å². The fraction of sp³-hybridized carbons (Fsp3) is 0.364. The lowest BCUT2D eigenvalue weighted by atomic mass is 10.1. The summed E-state index contributed by atoms with van der Waals surface area (Å²) in [6.45, 7) is 3.76. The molecular weight excluding hydrogens is 214 g/mol. The van der Waals surface area contributed by atoms with Crippen LogP contribution in [-0.2, 0) is 4.79 Å². The fourth-order valence-electron chi connectivity index (χ4n) is 1.18. The SMILES string of the molecule is CC(C)C(Oc1ccc(Cl)cc1)C(N)=O. The molecule has 1 amide bonds. The van der Waals surface area contributed by atoms with Crippen LogP contribution in [0.4, 0.5) is 0 Å². The van der Waals surface area contributed by atoms with Crippen LogP contribution in [0.25, 0.3) is 0 Å². The maximum absolute atomic E-state index is 11.1. The molecule has 0 saturated heterocycles. The van der Waals surface area contributed by atoms with Crippen LogP contribution in [0.3, 0.4) is 0 Å². The third-order valence-corrected chi connectivity index (χ3v) is 2.21. The Morgan fingerprint density at radius 3 is 2.27 bits per heavy atom. The van der Waals surface area contributed by atoms with Gasteiger partial charge in [0.05, 0.1) is 0 Å². The van der Waals surface area contributed by atoms with Crippen LogP contribution in [0.1, 0.15) is 13.8 Å². The van der Waals surface area contributed by atoms with Gasteiger partial charge in [0.1, 0.15) is 5.75 Å². The van der Waals surface area contributed by atoms with Crippen LogP contribution in [0.5, 0.6) is 5.75 Å². The Morgan fingerprint density at radius 2 is 1.87 bits per heavy atom. The summed E-state index contributed by atoms with van der Waals surface area (Å²) in [6.07, 6.45) is -0.605. The number of carbonyl (C=O) groups excluding carboxylic acids is 1. The van der Waals surface area contributed by atoms with E-state index in [-0.39, 0.29) is 5.92 Å². The van der Waals surface area contributed by atoms with Crippen LogP contribution in [0, 0.1) is 5.92 Å². The van der Waals surface area contributed by atoms with E-state index in [0.29, 0.717) is 10.8 Å². The number of ether oxygens (including phenoxy) is 1. The second-order valence-corrected chi connectivity index (χ2v) is 4.08. The number of halogens is 1.